The quantitative estimate of drug-likeness (QED) is 0.860. The SMILES string of the molecule is CCC(C)NCC(=O)N(C)Cc1cccc(Cl)c1. The van der Waals surface area contributed by atoms with Crippen LogP contribution >= 0.6 is 11.6 Å². The Bertz CT molecular complexity index is 395. The van der Waals surface area contributed by atoms with Gasteiger partial charge >= 0.3 is 0 Å². The van der Waals surface area contributed by atoms with Crippen LogP contribution in [-0.2, 0) is 11.3 Å². The third kappa shape index (κ3) is 5.07. The molecule has 0 radical (unpaired) electrons. The van der Waals surface area contributed by atoms with Gasteiger partial charge in [-0.3, -0.25) is 4.79 Å². The van der Waals surface area contributed by atoms with E-state index < -0.39 is 0 Å². The average molecular weight is 269 g/mol. The molecule has 1 N–H and O–H groups in total. The Morgan fingerprint density at radius 3 is 2.83 bits per heavy atom. The van der Waals surface area contributed by atoms with Gasteiger partial charge in [0.25, 0.3) is 0 Å². The highest BCUT2D eigenvalue weighted by atomic mass is 35.5. The van der Waals surface area contributed by atoms with Gasteiger partial charge in [0, 0.05) is 24.7 Å². The Balaban J connectivity index is 2.45. The number of amides is 1. The Kier molecular flexibility index (Phi) is 6.16. The van der Waals surface area contributed by atoms with Gasteiger partial charge in [-0.2, -0.15) is 0 Å². The van der Waals surface area contributed by atoms with E-state index in [-0.39, 0.29) is 5.91 Å². The molecule has 0 aromatic heterocycles. The van der Waals surface area contributed by atoms with Crippen molar-refractivity contribution in [3.8, 4) is 0 Å². The molecule has 0 heterocycles. The number of likely N-dealkylation sites (N-methyl/N-ethyl adjacent to an activating group) is 1. The van der Waals surface area contributed by atoms with E-state index in [1.807, 2.05) is 31.3 Å². The summed E-state index contributed by atoms with van der Waals surface area (Å²) in [7, 11) is 1.81. The summed E-state index contributed by atoms with van der Waals surface area (Å²) >= 11 is 5.91. The highest BCUT2D eigenvalue weighted by Gasteiger charge is 2.10. The van der Waals surface area contributed by atoms with E-state index in [1.54, 1.807) is 4.90 Å². The summed E-state index contributed by atoms with van der Waals surface area (Å²) in [6.07, 6.45) is 1.02. The number of carbonyl (C=O) groups excluding carboxylic acids is 1. The number of hydrogen-bond acceptors (Lipinski definition) is 2. The van der Waals surface area contributed by atoms with Crippen LogP contribution < -0.4 is 5.32 Å². The minimum Gasteiger partial charge on any atom is -0.340 e. The zero-order valence-corrected chi connectivity index (χ0v) is 12.0. The second-order valence-electron chi connectivity index (χ2n) is 4.57. The van der Waals surface area contributed by atoms with Crippen LogP contribution in [-0.4, -0.2) is 30.4 Å². The van der Waals surface area contributed by atoms with Crippen molar-refractivity contribution >= 4 is 17.5 Å². The molecule has 0 bridgehead atoms. The predicted molar refractivity (Wildman–Crippen MR) is 75.7 cm³/mol. The van der Waals surface area contributed by atoms with E-state index in [2.05, 4.69) is 19.2 Å². The van der Waals surface area contributed by atoms with Gasteiger partial charge in [0.05, 0.1) is 6.54 Å². The van der Waals surface area contributed by atoms with E-state index in [0.29, 0.717) is 24.2 Å². The van der Waals surface area contributed by atoms with Crippen LogP contribution in [0.4, 0.5) is 0 Å². The van der Waals surface area contributed by atoms with E-state index in [4.69, 9.17) is 11.6 Å². The summed E-state index contributed by atoms with van der Waals surface area (Å²) in [4.78, 5) is 13.6. The molecule has 0 aliphatic heterocycles. The van der Waals surface area contributed by atoms with Crippen LogP contribution in [0.1, 0.15) is 25.8 Å². The lowest BCUT2D eigenvalue weighted by molar-refractivity contribution is -0.129. The summed E-state index contributed by atoms with van der Waals surface area (Å²) < 4.78 is 0. The number of nitrogens with one attached hydrogen (secondary N) is 1. The van der Waals surface area contributed by atoms with Crippen molar-refractivity contribution in [2.24, 2.45) is 0 Å². The molecule has 1 unspecified atom stereocenters. The zero-order valence-electron chi connectivity index (χ0n) is 11.2. The molecule has 0 aliphatic rings. The lowest BCUT2D eigenvalue weighted by Gasteiger charge is -2.19. The van der Waals surface area contributed by atoms with Crippen LogP contribution in [0.25, 0.3) is 0 Å². The summed E-state index contributed by atoms with van der Waals surface area (Å²) in [6, 6.07) is 7.95. The summed E-state index contributed by atoms with van der Waals surface area (Å²) in [5.41, 5.74) is 1.04. The number of benzene rings is 1. The fourth-order valence-electron chi connectivity index (χ4n) is 1.54. The number of nitrogens with zero attached hydrogens (tertiary/aromatic N) is 1. The Hall–Kier alpha value is -1.06. The number of carbonyl (C=O) groups is 1. The molecular formula is C14H21ClN2O. The Labute approximate surface area is 114 Å². The first-order valence-corrected chi connectivity index (χ1v) is 6.62. The molecule has 0 fully saturated rings. The van der Waals surface area contributed by atoms with Crippen LogP contribution in [0.3, 0.4) is 0 Å². The first-order chi connectivity index (χ1) is 8.52. The first-order valence-electron chi connectivity index (χ1n) is 6.24. The third-order valence-corrected chi connectivity index (χ3v) is 3.18. The molecule has 0 aliphatic carbocycles. The van der Waals surface area contributed by atoms with E-state index in [1.165, 1.54) is 0 Å². The smallest absolute Gasteiger partial charge is 0.236 e. The van der Waals surface area contributed by atoms with Gasteiger partial charge in [0.2, 0.25) is 5.91 Å². The second-order valence-corrected chi connectivity index (χ2v) is 5.01. The van der Waals surface area contributed by atoms with Gasteiger partial charge < -0.3 is 10.2 Å². The fraction of sp³-hybridized carbons (Fsp3) is 0.500. The molecule has 1 amide bonds. The maximum absolute atomic E-state index is 11.9. The van der Waals surface area contributed by atoms with Crippen LogP contribution in [0.2, 0.25) is 5.02 Å². The van der Waals surface area contributed by atoms with Gasteiger partial charge in [-0.1, -0.05) is 30.7 Å². The number of halogens is 1. The van der Waals surface area contributed by atoms with Crippen molar-refractivity contribution in [3.63, 3.8) is 0 Å². The van der Waals surface area contributed by atoms with Gasteiger partial charge in [-0.15, -0.1) is 0 Å². The van der Waals surface area contributed by atoms with Gasteiger partial charge in [-0.05, 0) is 31.0 Å². The van der Waals surface area contributed by atoms with Crippen LogP contribution in [0, 0.1) is 0 Å². The Morgan fingerprint density at radius 2 is 2.22 bits per heavy atom. The van der Waals surface area contributed by atoms with Crippen molar-refractivity contribution < 1.29 is 4.79 Å². The topological polar surface area (TPSA) is 32.3 Å². The predicted octanol–water partition coefficient (Wildman–Crippen LogP) is 2.69. The summed E-state index contributed by atoms with van der Waals surface area (Å²) in [5.74, 6) is 0.0928. The second kappa shape index (κ2) is 7.39. The molecule has 0 saturated carbocycles. The molecule has 4 heteroatoms. The first kappa shape index (κ1) is 15.0. The fourth-order valence-corrected chi connectivity index (χ4v) is 1.75. The maximum atomic E-state index is 11.9. The highest BCUT2D eigenvalue weighted by molar-refractivity contribution is 6.30. The lowest BCUT2D eigenvalue weighted by Crippen LogP contribution is -2.38. The largest absolute Gasteiger partial charge is 0.340 e. The van der Waals surface area contributed by atoms with Crippen molar-refractivity contribution in [1.82, 2.24) is 10.2 Å². The van der Waals surface area contributed by atoms with Crippen LogP contribution in [0.15, 0.2) is 24.3 Å². The molecule has 18 heavy (non-hydrogen) atoms. The van der Waals surface area contributed by atoms with E-state index in [9.17, 15) is 4.79 Å². The molecule has 3 nitrogen and oxygen atoms in total. The van der Waals surface area contributed by atoms with Crippen molar-refractivity contribution in [2.75, 3.05) is 13.6 Å². The van der Waals surface area contributed by atoms with Crippen LogP contribution in [0.5, 0.6) is 0 Å². The summed E-state index contributed by atoms with van der Waals surface area (Å²) in [5, 5.41) is 3.89. The molecular weight excluding hydrogens is 248 g/mol. The van der Waals surface area contributed by atoms with Gasteiger partial charge in [0.15, 0.2) is 0 Å². The summed E-state index contributed by atoms with van der Waals surface area (Å²) in [6.45, 7) is 5.13. The molecule has 0 spiro atoms. The molecule has 1 rings (SSSR count). The van der Waals surface area contributed by atoms with Crippen molar-refractivity contribution in [3.05, 3.63) is 34.9 Å². The van der Waals surface area contributed by atoms with E-state index >= 15 is 0 Å². The molecule has 1 aromatic carbocycles. The molecule has 1 atom stereocenters. The number of hydrogen-bond donors (Lipinski definition) is 1. The monoisotopic (exact) mass is 268 g/mol. The molecule has 0 saturated heterocycles. The number of rotatable bonds is 6. The van der Waals surface area contributed by atoms with E-state index in [0.717, 1.165) is 12.0 Å². The minimum atomic E-state index is 0.0928. The normalized spacial score (nSPS) is 12.2. The standard InChI is InChI=1S/C14H21ClN2O/c1-4-11(2)16-9-14(18)17(3)10-12-6-5-7-13(15)8-12/h5-8,11,16H,4,9-10H2,1-3H3. The Morgan fingerprint density at radius 1 is 1.50 bits per heavy atom. The van der Waals surface area contributed by atoms with Crippen molar-refractivity contribution in [2.45, 2.75) is 32.9 Å². The molecule has 1 aromatic rings. The van der Waals surface area contributed by atoms with Gasteiger partial charge in [-0.25, -0.2) is 0 Å². The lowest BCUT2D eigenvalue weighted by atomic mass is 10.2. The maximum Gasteiger partial charge on any atom is 0.236 e. The zero-order chi connectivity index (χ0) is 13.5. The van der Waals surface area contributed by atoms with Gasteiger partial charge in [0.1, 0.15) is 0 Å². The minimum absolute atomic E-state index is 0.0928. The van der Waals surface area contributed by atoms with Crippen molar-refractivity contribution in [1.29, 1.82) is 0 Å². The average Bonchev–Trinajstić information content (AvgIpc) is 2.35. The molecule has 100 valence electrons. The highest BCUT2D eigenvalue weighted by Crippen LogP contribution is 2.12. The third-order valence-electron chi connectivity index (χ3n) is 2.95.